The molecule has 0 aliphatic rings. The topological polar surface area (TPSA) is 120 Å². The summed E-state index contributed by atoms with van der Waals surface area (Å²) in [6.07, 6.45) is 1.60. The molecule has 2 aromatic carbocycles. The minimum absolute atomic E-state index is 0.192. The molecule has 4 rings (SSSR count). The zero-order valence-corrected chi connectivity index (χ0v) is 18.6. The van der Waals surface area contributed by atoms with Crippen molar-refractivity contribution in [2.75, 3.05) is 32.0 Å². The molecule has 0 bridgehead atoms. The summed E-state index contributed by atoms with van der Waals surface area (Å²) in [6, 6.07) is 13.6. The number of hydrogen-bond donors (Lipinski definition) is 2. The van der Waals surface area contributed by atoms with Crippen molar-refractivity contribution in [2.45, 2.75) is 6.54 Å². The number of anilines is 1. The molecule has 0 atom stereocenters. The van der Waals surface area contributed by atoms with Crippen LogP contribution in [0.4, 0.5) is 10.3 Å². The summed E-state index contributed by atoms with van der Waals surface area (Å²) in [5.74, 6) is -0.403. The van der Waals surface area contributed by atoms with Crippen LogP contribution in [0.1, 0.15) is 15.4 Å². The van der Waals surface area contributed by atoms with Gasteiger partial charge in [0.1, 0.15) is 5.82 Å². The highest BCUT2D eigenvalue weighted by Crippen LogP contribution is 2.28. The lowest BCUT2D eigenvalue weighted by molar-refractivity contribution is 0.0635. The van der Waals surface area contributed by atoms with Gasteiger partial charge < -0.3 is 21.1 Å². The lowest BCUT2D eigenvalue weighted by Crippen LogP contribution is -2.34. The van der Waals surface area contributed by atoms with E-state index < -0.39 is 0 Å². The second kappa shape index (κ2) is 10.4. The van der Waals surface area contributed by atoms with Crippen LogP contribution in [-0.4, -0.2) is 52.1 Å². The number of nitrogen functional groups attached to an aromatic ring is 1. The lowest BCUT2D eigenvalue weighted by Gasteiger charge is -2.22. The fraction of sp³-hybridized carbons (Fsp3) is 0.217. The van der Waals surface area contributed by atoms with Gasteiger partial charge >= 0.3 is 0 Å². The number of nitrogens with zero attached hydrogens (tertiary/aromatic N) is 4. The lowest BCUT2D eigenvalue weighted by atomic mass is 10.1. The summed E-state index contributed by atoms with van der Waals surface area (Å²) < 4.78 is 20.0. The number of hydrogen-bond acceptors (Lipinski definition) is 8. The number of thiazole rings is 1. The summed E-state index contributed by atoms with van der Waals surface area (Å²) in [7, 11) is 0. The van der Waals surface area contributed by atoms with Gasteiger partial charge in [0.25, 0.3) is 5.91 Å². The first kappa shape index (κ1) is 22.7. The number of carbonyl (C=O) groups excluding carboxylic acids is 1. The van der Waals surface area contributed by atoms with Crippen LogP contribution in [0.2, 0.25) is 0 Å². The van der Waals surface area contributed by atoms with Gasteiger partial charge in [0, 0.05) is 31.4 Å². The van der Waals surface area contributed by atoms with E-state index in [9.17, 15) is 9.18 Å². The van der Waals surface area contributed by atoms with Gasteiger partial charge in [-0.15, -0.1) is 11.3 Å². The highest BCUT2D eigenvalue weighted by molar-refractivity contribution is 7.20. The normalized spacial score (nSPS) is 11.1. The van der Waals surface area contributed by atoms with E-state index in [4.69, 9.17) is 16.2 Å². The molecule has 170 valence electrons. The number of amides is 1. The molecule has 0 aliphatic heterocycles. The van der Waals surface area contributed by atoms with Crippen LogP contribution in [0.3, 0.4) is 0 Å². The quantitative estimate of drug-likeness (QED) is 0.364. The molecule has 0 saturated carbocycles. The smallest absolute Gasteiger partial charge is 0.283 e. The van der Waals surface area contributed by atoms with Crippen molar-refractivity contribution in [3.63, 3.8) is 0 Å². The first-order chi connectivity index (χ1) is 16.0. The molecule has 4 N–H and O–H groups in total. The van der Waals surface area contributed by atoms with E-state index in [2.05, 4.69) is 15.0 Å². The highest BCUT2D eigenvalue weighted by atomic mass is 32.1. The van der Waals surface area contributed by atoms with E-state index in [-0.39, 0.29) is 24.2 Å². The zero-order valence-electron chi connectivity index (χ0n) is 17.8. The Kier molecular flexibility index (Phi) is 7.18. The standard InChI is InChI=1S/C23H23FN6O2S/c24-17-3-1-2-15(12-17)14-30(9-11-32-10-7-25)22(31)21-28-19-5-4-16(13-20(19)33-21)18-6-8-27-23(26)29-18/h1-6,8,12-13H,7,9-11,14,25H2,(H2,26,27,29). The minimum atomic E-state index is -0.350. The fourth-order valence-electron chi connectivity index (χ4n) is 3.31. The van der Waals surface area contributed by atoms with Crippen LogP contribution in [0.15, 0.2) is 54.7 Å². The Hall–Kier alpha value is -3.47. The maximum Gasteiger partial charge on any atom is 0.283 e. The summed E-state index contributed by atoms with van der Waals surface area (Å²) in [4.78, 5) is 27.6. The van der Waals surface area contributed by atoms with Crippen LogP contribution in [0.25, 0.3) is 21.5 Å². The molecule has 0 spiro atoms. The fourth-order valence-corrected chi connectivity index (χ4v) is 4.29. The van der Waals surface area contributed by atoms with Gasteiger partial charge in [-0.25, -0.2) is 19.3 Å². The molecule has 0 unspecified atom stereocenters. The van der Waals surface area contributed by atoms with Crippen molar-refractivity contribution in [2.24, 2.45) is 5.73 Å². The van der Waals surface area contributed by atoms with Gasteiger partial charge in [0.2, 0.25) is 5.95 Å². The molecule has 0 aliphatic carbocycles. The Balaban J connectivity index is 1.59. The van der Waals surface area contributed by atoms with Gasteiger partial charge in [0.05, 0.1) is 29.1 Å². The molecule has 0 fully saturated rings. The largest absolute Gasteiger partial charge is 0.378 e. The summed E-state index contributed by atoms with van der Waals surface area (Å²) in [5, 5.41) is 0.347. The number of nitrogens with two attached hydrogens (primary N) is 2. The number of carbonyl (C=O) groups is 1. The van der Waals surface area contributed by atoms with Gasteiger partial charge in [0.15, 0.2) is 5.01 Å². The van der Waals surface area contributed by atoms with Crippen molar-refractivity contribution >= 4 is 33.4 Å². The molecule has 1 amide bonds. The molecule has 0 radical (unpaired) electrons. The third-order valence-electron chi connectivity index (χ3n) is 4.86. The van der Waals surface area contributed by atoms with Gasteiger partial charge in [-0.1, -0.05) is 18.2 Å². The summed E-state index contributed by atoms with van der Waals surface area (Å²) in [5.41, 5.74) is 14.1. The molecule has 10 heteroatoms. The average molecular weight is 467 g/mol. The Morgan fingerprint density at radius 2 is 2.00 bits per heavy atom. The molecule has 4 aromatic rings. The number of fused-ring (bicyclic) bond motifs is 1. The maximum absolute atomic E-state index is 13.7. The maximum atomic E-state index is 13.7. The van der Waals surface area contributed by atoms with E-state index in [1.807, 2.05) is 18.2 Å². The second-order valence-corrected chi connectivity index (χ2v) is 8.29. The van der Waals surface area contributed by atoms with Crippen LogP contribution < -0.4 is 11.5 Å². The third-order valence-corrected chi connectivity index (χ3v) is 5.86. The number of rotatable bonds is 9. The van der Waals surface area contributed by atoms with Crippen LogP contribution in [0, 0.1) is 5.82 Å². The molecule has 2 heterocycles. The first-order valence-electron chi connectivity index (χ1n) is 10.3. The van der Waals surface area contributed by atoms with E-state index >= 15 is 0 Å². The minimum Gasteiger partial charge on any atom is -0.378 e. The molecule has 33 heavy (non-hydrogen) atoms. The molecular formula is C23H23FN6O2S. The SMILES string of the molecule is NCCOCCN(Cc1cccc(F)c1)C(=O)c1nc2ccc(-c3ccnc(N)n3)cc2s1. The predicted octanol–water partition coefficient (Wildman–Crippen LogP) is 3.09. The molecule has 2 aromatic heterocycles. The Morgan fingerprint density at radius 3 is 2.79 bits per heavy atom. The number of aromatic nitrogens is 3. The van der Waals surface area contributed by atoms with E-state index in [1.165, 1.54) is 23.5 Å². The Labute approximate surface area is 194 Å². The van der Waals surface area contributed by atoms with Gasteiger partial charge in [-0.05, 0) is 35.9 Å². The highest BCUT2D eigenvalue weighted by Gasteiger charge is 2.21. The molecule has 0 saturated heterocycles. The summed E-state index contributed by atoms with van der Waals surface area (Å²) >= 11 is 1.29. The Bertz CT molecular complexity index is 1260. The average Bonchev–Trinajstić information content (AvgIpc) is 3.24. The third kappa shape index (κ3) is 5.67. The van der Waals surface area contributed by atoms with Crippen LogP contribution in [-0.2, 0) is 11.3 Å². The van der Waals surface area contributed by atoms with Crippen molar-refractivity contribution in [3.05, 3.63) is 71.1 Å². The van der Waals surface area contributed by atoms with Crippen molar-refractivity contribution in [1.82, 2.24) is 19.9 Å². The van der Waals surface area contributed by atoms with E-state index in [0.717, 1.165) is 10.3 Å². The monoisotopic (exact) mass is 466 g/mol. The van der Waals surface area contributed by atoms with Crippen molar-refractivity contribution < 1.29 is 13.9 Å². The second-order valence-electron chi connectivity index (χ2n) is 7.26. The summed E-state index contributed by atoms with van der Waals surface area (Å²) in [6.45, 7) is 1.69. The van der Waals surface area contributed by atoms with Gasteiger partial charge in [-0.3, -0.25) is 4.79 Å². The number of ether oxygens (including phenoxy) is 1. The predicted molar refractivity (Wildman–Crippen MR) is 126 cm³/mol. The number of halogens is 1. The van der Waals surface area contributed by atoms with Gasteiger partial charge in [-0.2, -0.15) is 0 Å². The van der Waals surface area contributed by atoms with E-state index in [0.29, 0.717) is 48.1 Å². The Morgan fingerprint density at radius 1 is 1.12 bits per heavy atom. The van der Waals surface area contributed by atoms with Crippen LogP contribution in [0.5, 0.6) is 0 Å². The van der Waals surface area contributed by atoms with E-state index in [1.54, 1.807) is 29.3 Å². The van der Waals surface area contributed by atoms with Crippen molar-refractivity contribution in [3.8, 4) is 11.3 Å². The van der Waals surface area contributed by atoms with Crippen molar-refractivity contribution in [1.29, 1.82) is 0 Å². The number of benzene rings is 2. The zero-order chi connectivity index (χ0) is 23.2. The first-order valence-corrected chi connectivity index (χ1v) is 11.2. The molecule has 8 nitrogen and oxygen atoms in total. The molecular weight excluding hydrogens is 443 g/mol. The van der Waals surface area contributed by atoms with Crippen LogP contribution >= 0.6 is 11.3 Å².